The molecular formula is C15H16NO2+. The number of hydrogen-bond acceptors (Lipinski definition) is 2. The monoisotopic (exact) mass is 242 g/mol. The average molecular weight is 242 g/mol. The van der Waals surface area contributed by atoms with Gasteiger partial charge in [-0.1, -0.05) is 24.3 Å². The van der Waals surface area contributed by atoms with Crippen LogP contribution in [0.5, 0.6) is 5.75 Å². The second kappa shape index (κ2) is 5.98. The Bertz CT molecular complexity index is 515. The van der Waals surface area contributed by atoms with Crippen LogP contribution in [-0.4, -0.2) is 16.8 Å². The Morgan fingerprint density at radius 1 is 0.889 bits per heavy atom. The lowest BCUT2D eigenvalue weighted by Crippen LogP contribution is -2.34. The topological polar surface area (TPSA) is 44.3 Å². The Hall–Kier alpha value is -2.13. The first-order chi connectivity index (χ1) is 8.78. The Balaban J connectivity index is 2.06. The Morgan fingerprint density at radius 2 is 1.44 bits per heavy atom. The van der Waals surface area contributed by atoms with Crippen LogP contribution >= 0.6 is 0 Å². The standard InChI is InChI=1S/C15H15NO2/c17-12-11-16-9-7-14(8-10-16)2-1-13-3-5-15(18)6-4-13/h1-10,17H,11-12H2/p+1. The predicted molar refractivity (Wildman–Crippen MR) is 70.8 cm³/mol. The van der Waals surface area contributed by atoms with Crippen LogP contribution in [0.1, 0.15) is 11.1 Å². The first-order valence-electron chi connectivity index (χ1n) is 5.85. The highest BCUT2D eigenvalue weighted by atomic mass is 16.3. The molecule has 0 atom stereocenters. The summed E-state index contributed by atoms with van der Waals surface area (Å²) in [5, 5.41) is 18.0. The quantitative estimate of drug-likeness (QED) is 0.803. The smallest absolute Gasteiger partial charge is 0.171 e. The van der Waals surface area contributed by atoms with Crippen molar-refractivity contribution in [3.05, 3.63) is 59.9 Å². The zero-order chi connectivity index (χ0) is 12.8. The van der Waals surface area contributed by atoms with Crippen LogP contribution in [0.3, 0.4) is 0 Å². The highest BCUT2D eigenvalue weighted by Crippen LogP contribution is 2.12. The van der Waals surface area contributed by atoms with Gasteiger partial charge in [0.05, 0.1) is 0 Å². The van der Waals surface area contributed by atoms with Gasteiger partial charge in [0, 0.05) is 12.1 Å². The van der Waals surface area contributed by atoms with Gasteiger partial charge in [-0.2, -0.15) is 0 Å². The van der Waals surface area contributed by atoms with Gasteiger partial charge in [-0.05, 0) is 23.3 Å². The molecule has 0 aliphatic carbocycles. The van der Waals surface area contributed by atoms with Gasteiger partial charge in [0.25, 0.3) is 0 Å². The van der Waals surface area contributed by atoms with Crippen molar-refractivity contribution in [2.24, 2.45) is 0 Å². The highest BCUT2D eigenvalue weighted by molar-refractivity contribution is 5.69. The Morgan fingerprint density at radius 3 is 2.00 bits per heavy atom. The summed E-state index contributed by atoms with van der Waals surface area (Å²) in [7, 11) is 0. The normalized spacial score (nSPS) is 10.9. The fourth-order valence-electron chi connectivity index (χ4n) is 1.62. The summed E-state index contributed by atoms with van der Waals surface area (Å²) in [6, 6.07) is 11.0. The lowest BCUT2D eigenvalue weighted by molar-refractivity contribution is -0.698. The van der Waals surface area contributed by atoms with Crippen molar-refractivity contribution < 1.29 is 14.8 Å². The van der Waals surface area contributed by atoms with Crippen LogP contribution in [-0.2, 0) is 6.54 Å². The average Bonchev–Trinajstić information content (AvgIpc) is 2.40. The molecule has 2 aromatic rings. The van der Waals surface area contributed by atoms with E-state index in [9.17, 15) is 5.11 Å². The minimum Gasteiger partial charge on any atom is -0.508 e. The van der Waals surface area contributed by atoms with Crippen molar-refractivity contribution in [1.82, 2.24) is 0 Å². The maximum Gasteiger partial charge on any atom is 0.171 e. The summed E-state index contributed by atoms with van der Waals surface area (Å²) in [5.41, 5.74) is 2.14. The van der Waals surface area contributed by atoms with E-state index in [1.165, 1.54) is 0 Å². The van der Waals surface area contributed by atoms with Crippen LogP contribution in [0.2, 0.25) is 0 Å². The third kappa shape index (κ3) is 3.43. The van der Waals surface area contributed by atoms with E-state index in [2.05, 4.69) is 0 Å². The van der Waals surface area contributed by atoms with Gasteiger partial charge in [-0.3, -0.25) is 0 Å². The molecule has 0 aliphatic heterocycles. The number of pyridine rings is 1. The number of aromatic nitrogens is 1. The zero-order valence-electron chi connectivity index (χ0n) is 10.0. The third-order valence-corrected chi connectivity index (χ3v) is 2.64. The van der Waals surface area contributed by atoms with Gasteiger partial charge >= 0.3 is 0 Å². The molecule has 0 bridgehead atoms. The number of nitrogens with zero attached hydrogens (tertiary/aromatic N) is 1. The van der Waals surface area contributed by atoms with Crippen LogP contribution in [0.25, 0.3) is 12.2 Å². The van der Waals surface area contributed by atoms with Crippen LogP contribution in [0, 0.1) is 0 Å². The molecule has 0 fully saturated rings. The van der Waals surface area contributed by atoms with Gasteiger partial charge in [-0.15, -0.1) is 0 Å². The van der Waals surface area contributed by atoms with Crippen molar-refractivity contribution in [3.8, 4) is 5.75 Å². The number of phenols is 1. The maximum atomic E-state index is 9.18. The molecule has 1 aromatic carbocycles. The van der Waals surface area contributed by atoms with Crippen LogP contribution < -0.4 is 4.57 Å². The van der Waals surface area contributed by atoms with Crippen LogP contribution in [0.15, 0.2) is 48.8 Å². The second-order valence-electron chi connectivity index (χ2n) is 4.02. The van der Waals surface area contributed by atoms with Crippen molar-refractivity contribution in [3.63, 3.8) is 0 Å². The van der Waals surface area contributed by atoms with E-state index < -0.39 is 0 Å². The molecule has 1 aromatic heterocycles. The van der Waals surface area contributed by atoms with Gasteiger partial charge in [0.2, 0.25) is 0 Å². The van der Waals surface area contributed by atoms with E-state index in [0.29, 0.717) is 6.54 Å². The molecule has 1 heterocycles. The number of aliphatic hydroxyl groups is 1. The molecular weight excluding hydrogens is 226 g/mol. The van der Waals surface area contributed by atoms with Crippen molar-refractivity contribution >= 4 is 12.2 Å². The Kier molecular flexibility index (Phi) is 4.10. The van der Waals surface area contributed by atoms with E-state index in [1.807, 2.05) is 53.4 Å². The molecule has 0 unspecified atom stereocenters. The number of hydrogen-bond donors (Lipinski definition) is 2. The third-order valence-electron chi connectivity index (χ3n) is 2.64. The fourth-order valence-corrected chi connectivity index (χ4v) is 1.62. The van der Waals surface area contributed by atoms with Crippen molar-refractivity contribution in [1.29, 1.82) is 0 Å². The molecule has 0 amide bonds. The summed E-state index contributed by atoms with van der Waals surface area (Å²) < 4.78 is 1.93. The molecule has 0 saturated heterocycles. The van der Waals surface area contributed by atoms with E-state index in [4.69, 9.17) is 5.11 Å². The predicted octanol–water partition coefficient (Wildman–Crippen LogP) is 1.84. The van der Waals surface area contributed by atoms with Crippen molar-refractivity contribution in [2.45, 2.75) is 6.54 Å². The first kappa shape index (κ1) is 12.3. The minimum absolute atomic E-state index is 0.146. The van der Waals surface area contributed by atoms with Gasteiger partial charge in [0.15, 0.2) is 18.9 Å². The molecule has 0 aliphatic rings. The number of aliphatic hydroxyl groups excluding tert-OH is 1. The number of benzene rings is 1. The molecule has 3 nitrogen and oxygen atoms in total. The van der Waals surface area contributed by atoms with Crippen LogP contribution in [0.4, 0.5) is 0 Å². The molecule has 3 heteroatoms. The molecule has 2 N–H and O–H groups in total. The van der Waals surface area contributed by atoms with E-state index in [0.717, 1.165) is 11.1 Å². The molecule has 0 radical (unpaired) electrons. The summed E-state index contributed by atoms with van der Waals surface area (Å²) in [6.07, 6.45) is 7.88. The molecule has 0 saturated carbocycles. The Labute approximate surface area is 106 Å². The highest BCUT2D eigenvalue weighted by Gasteiger charge is 1.97. The van der Waals surface area contributed by atoms with E-state index >= 15 is 0 Å². The summed E-state index contributed by atoms with van der Waals surface area (Å²) in [4.78, 5) is 0. The van der Waals surface area contributed by atoms with Crippen molar-refractivity contribution in [2.75, 3.05) is 6.61 Å². The molecule has 92 valence electrons. The van der Waals surface area contributed by atoms with E-state index in [1.54, 1.807) is 12.1 Å². The lowest BCUT2D eigenvalue weighted by Gasteiger charge is -1.96. The summed E-state index contributed by atoms with van der Waals surface area (Å²) in [6.45, 7) is 0.759. The lowest BCUT2D eigenvalue weighted by atomic mass is 10.1. The zero-order valence-corrected chi connectivity index (χ0v) is 10.0. The SMILES string of the molecule is OCC[n+]1ccc(/C=C/c2ccc(O)cc2)cc1. The molecule has 0 spiro atoms. The first-order valence-corrected chi connectivity index (χ1v) is 5.85. The number of phenolic OH excluding ortho intramolecular Hbond substituents is 1. The number of rotatable bonds is 4. The summed E-state index contributed by atoms with van der Waals surface area (Å²) in [5.74, 6) is 0.275. The fraction of sp³-hybridized carbons (Fsp3) is 0.133. The minimum atomic E-state index is 0.146. The van der Waals surface area contributed by atoms with Gasteiger partial charge in [0.1, 0.15) is 12.4 Å². The van der Waals surface area contributed by atoms with Gasteiger partial charge < -0.3 is 10.2 Å². The second-order valence-corrected chi connectivity index (χ2v) is 4.02. The molecule has 18 heavy (non-hydrogen) atoms. The van der Waals surface area contributed by atoms with Gasteiger partial charge in [-0.25, -0.2) is 4.57 Å². The van der Waals surface area contributed by atoms with E-state index in [-0.39, 0.29) is 12.4 Å². The largest absolute Gasteiger partial charge is 0.508 e. The number of aromatic hydroxyl groups is 1. The maximum absolute atomic E-state index is 9.18. The molecule has 2 rings (SSSR count). The summed E-state index contributed by atoms with van der Waals surface area (Å²) >= 11 is 0.